The number of esters is 1. The van der Waals surface area contributed by atoms with E-state index in [1.807, 2.05) is 0 Å². The van der Waals surface area contributed by atoms with Gasteiger partial charge >= 0.3 is 13.8 Å². The van der Waals surface area contributed by atoms with Crippen LogP contribution < -0.4 is 5.73 Å². The van der Waals surface area contributed by atoms with Gasteiger partial charge in [-0.1, -0.05) is 212 Å². The molecule has 0 saturated carbocycles. The van der Waals surface area contributed by atoms with Crippen molar-refractivity contribution < 1.29 is 32.8 Å². The van der Waals surface area contributed by atoms with Gasteiger partial charge in [0.05, 0.1) is 19.8 Å². The van der Waals surface area contributed by atoms with Crippen molar-refractivity contribution in [3.8, 4) is 0 Å². The number of phosphoric ester groups is 1. The van der Waals surface area contributed by atoms with Gasteiger partial charge in [0.15, 0.2) is 0 Å². The number of hydrogen-bond donors (Lipinski definition) is 2. The zero-order valence-electron chi connectivity index (χ0n) is 37.1. The Morgan fingerprint density at radius 3 is 1.30 bits per heavy atom. The van der Waals surface area contributed by atoms with E-state index in [-0.39, 0.29) is 32.3 Å². The van der Waals surface area contributed by atoms with E-state index in [4.69, 9.17) is 24.3 Å². The predicted octanol–water partition coefficient (Wildman–Crippen LogP) is 14.6. The number of nitrogens with two attached hydrogens (primary N) is 1. The van der Waals surface area contributed by atoms with E-state index in [0.717, 1.165) is 32.1 Å². The molecule has 9 heteroatoms. The van der Waals surface area contributed by atoms with Crippen LogP contribution in [0.15, 0.2) is 12.2 Å². The van der Waals surface area contributed by atoms with Crippen LogP contribution in [0.25, 0.3) is 0 Å². The van der Waals surface area contributed by atoms with Crippen molar-refractivity contribution in [3.63, 3.8) is 0 Å². The molecule has 0 aromatic heterocycles. The molecule has 0 spiro atoms. The number of unbranched alkanes of at least 4 members (excludes halogenated alkanes) is 32. The summed E-state index contributed by atoms with van der Waals surface area (Å²) in [6.07, 6.45) is 49.5. The second-order valence-corrected chi connectivity index (χ2v) is 17.8. The van der Waals surface area contributed by atoms with Gasteiger partial charge in [-0.2, -0.15) is 0 Å². The number of carbonyl (C=O) groups excluding carboxylic acids is 1. The summed E-state index contributed by atoms with van der Waals surface area (Å²) in [6, 6.07) is 0. The van der Waals surface area contributed by atoms with E-state index in [9.17, 15) is 14.3 Å². The molecule has 0 aromatic rings. The Morgan fingerprint density at radius 2 is 0.893 bits per heavy atom. The Bertz CT molecular complexity index is 873. The normalized spacial score (nSPS) is 13.4. The summed E-state index contributed by atoms with van der Waals surface area (Å²) in [5, 5.41) is 0. The molecule has 0 aliphatic carbocycles. The lowest BCUT2D eigenvalue weighted by atomic mass is 10.0. The van der Waals surface area contributed by atoms with Crippen molar-refractivity contribution in [2.45, 2.75) is 251 Å². The standard InChI is InChI=1S/C47H94NO7P/c1-3-5-7-9-11-13-15-17-19-20-21-22-23-24-25-27-29-31-33-35-37-39-42-52-44-46(45-54-56(50,51)53-43-41-48)55-47(49)40-38-36-34-32-30-28-26-18-16-14-12-10-8-6-4-2/h20-21,46H,3-19,22-45,48H2,1-2H3,(H,50,51)/b21-20-. The third kappa shape index (κ3) is 44.3. The van der Waals surface area contributed by atoms with Crippen LogP contribution in [0.5, 0.6) is 0 Å². The molecule has 0 heterocycles. The van der Waals surface area contributed by atoms with Crippen LogP contribution in [0.4, 0.5) is 0 Å². The van der Waals surface area contributed by atoms with E-state index >= 15 is 0 Å². The molecule has 0 fully saturated rings. The topological polar surface area (TPSA) is 117 Å². The minimum absolute atomic E-state index is 0.0920. The third-order valence-electron chi connectivity index (χ3n) is 10.7. The SMILES string of the molecule is CCCCCCCCCC/C=C\CCCCCCCCCCCCOCC(COP(=O)(O)OCCN)OC(=O)CCCCCCCCCCCCCCCCC. The number of carbonyl (C=O) groups is 1. The molecule has 0 aliphatic heterocycles. The van der Waals surface area contributed by atoms with Gasteiger partial charge in [0.2, 0.25) is 0 Å². The molecular weight excluding hydrogens is 721 g/mol. The monoisotopic (exact) mass is 816 g/mol. The summed E-state index contributed by atoms with van der Waals surface area (Å²) in [6.45, 7) is 4.97. The smallest absolute Gasteiger partial charge is 0.457 e. The van der Waals surface area contributed by atoms with Crippen LogP contribution in [0.1, 0.15) is 245 Å². The van der Waals surface area contributed by atoms with Crippen molar-refractivity contribution in [2.24, 2.45) is 5.73 Å². The molecule has 334 valence electrons. The fourth-order valence-corrected chi connectivity index (χ4v) is 7.88. The molecule has 0 amide bonds. The Labute approximate surface area is 347 Å². The number of rotatable bonds is 47. The highest BCUT2D eigenvalue weighted by Crippen LogP contribution is 2.43. The summed E-state index contributed by atoms with van der Waals surface area (Å²) in [7, 11) is -4.27. The van der Waals surface area contributed by atoms with Crippen LogP contribution in [-0.4, -0.2) is 49.9 Å². The molecule has 0 rings (SSSR count). The highest BCUT2D eigenvalue weighted by Gasteiger charge is 2.25. The van der Waals surface area contributed by atoms with Gasteiger partial charge in [-0.15, -0.1) is 0 Å². The quantitative estimate of drug-likeness (QED) is 0.0270. The zero-order chi connectivity index (χ0) is 40.9. The molecular formula is C47H94NO7P. The Kier molecular flexibility index (Phi) is 44.7. The predicted molar refractivity (Wildman–Crippen MR) is 238 cm³/mol. The molecule has 8 nitrogen and oxygen atoms in total. The fourth-order valence-electron chi connectivity index (χ4n) is 7.11. The summed E-state index contributed by atoms with van der Waals surface area (Å²) < 4.78 is 33.5. The molecule has 0 saturated heterocycles. The van der Waals surface area contributed by atoms with E-state index in [1.54, 1.807) is 0 Å². The second-order valence-electron chi connectivity index (χ2n) is 16.3. The van der Waals surface area contributed by atoms with Gasteiger partial charge in [-0.05, 0) is 38.5 Å². The first kappa shape index (κ1) is 55.2. The number of phosphoric acid groups is 1. The number of hydrogen-bond acceptors (Lipinski definition) is 7. The van der Waals surface area contributed by atoms with Gasteiger partial charge in [-0.3, -0.25) is 13.8 Å². The van der Waals surface area contributed by atoms with Crippen molar-refractivity contribution in [2.75, 3.05) is 33.0 Å². The molecule has 0 aromatic carbocycles. The lowest BCUT2D eigenvalue weighted by molar-refractivity contribution is -0.154. The molecule has 2 atom stereocenters. The van der Waals surface area contributed by atoms with Gasteiger partial charge in [0, 0.05) is 19.6 Å². The number of ether oxygens (including phenoxy) is 2. The Morgan fingerprint density at radius 1 is 0.518 bits per heavy atom. The maximum Gasteiger partial charge on any atom is 0.472 e. The highest BCUT2D eigenvalue weighted by molar-refractivity contribution is 7.47. The third-order valence-corrected chi connectivity index (χ3v) is 11.7. The minimum atomic E-state index is -4.27. The van der Waals surface area contributed by atoms with Crippen LogP contribution in [0.2, 0.25) is 0 Å². The van der Waals surface area contributed by atoms with Crippen LogP contribution >= 0.6 is 7.82 Å². The van der Waals surface area contributed by atoms with E-state index in [2.05, 4.69) is 26.0 Å². The van der Waals surface area contributed by atoms with Gasteiger partial charge in [-0.25, -0.2) is 4.57 Å². The Balaban J connectivity index is 3.91. The first-order valence-corrected chi connectivity index (χ1v) is 25.7. The zero-order valence-corrected chi connectivity index (χ0v) is 38.0. The Hall–Kier alpha value is -0.760. The molecule has 0 aliphatic rings. The van der Waals surface area contributed by atoms with Gasteiger partial charge in [0.25, 0.3) is 0 Å². The summed E-state index contributed by atoms with van der Waals surface area (Å²) in [5.41, 5.74) is 5.38. The first-order valence-electron chi connectivity index (χ1n) is 24.2. The minimum Gasteiger partial charge on any atom is -0.457 e. The fraction of sp³-hybridized carbons (Fsp3) is 0.936. The lowest BCUT2D eigenvalue weighted by Gasteiger charge is -2.20. The molecule has 56 heavy (non-hydrogen) atoms. The van der Waals surface area contributed by atoms with E-state index in [1.165, 1.54) is 193 Å². The second kappa shape index (κ2) is 45.3. The van der Waals surface area contributed by atoms with Crippen LogP contribution in [0.3, 0.4) is 0 Å². The maximum atomic E-state index is 12.6. The maximum absolute atomic E-state index is 12.6. The molecule has 3 N–H and O–H groups in total. The summed E-state index contributed by atoms with van der Waals surface area (Å²) >= 11 is 0. The number of allylic oxidation sites excluding steroid dienone is 2. The molecule has 0 bridgehead atoms. The van der Waals surface area contributed by atoms with E-state index in [0.29, 0.717) is 13.0 Å². The molecule has 2 unspecified atom stereocenters. The summed E-state index contributed by atoms with van der Waals surface area (Å²) in [5.74, 6) is -0.325. The van der Waals surface area contributed by atoms with E-state index < -0.39 is 13.9 Å². The van der Waals surface area contributed by atoms with Crippen molar-refractivity contribution in [3.05, 3.63) is 12.2 Å². The van der Waals surface area contributed by atoms with Crippen LogP contribution in [0, 0.1) is 0 Å². The van der Waals surface area contributed by atoms with Crippen molar-refractivity contribution >= 4 is 13.8 Å². The van der Waals surface area contributed by atoms with Gasteiger partial charge in [0.1, 0.15) is 6.10 Å². The van der Waals surface area contributed by atoms with Crippen molar-refractivity contribution in [1.29, 1.82) is 0 Å². The average Bonchev–Trinajstić information content (AvgIpc) is 3.19. The highest BCUT2D eigenvalue weighted by atomic mass is 31.2. The first-order chi connectivity index (χ1) is 27.4. The molecule has 0 radical (unpaired) electrons. The van der Waals surface area contributed by atoms with Gasteiger partial charge < -0.3 is 20.1 Å². The lowest BCUT2D eigenvalue weighted by Crippen LogP contribution is -2.28. The van der Waals surface area contributed by atoms with Crippen LogP contribution in [-0.2, 0) is 27.9 Å². The summed E-state index contributed by atoms with van der Waals surface area (Å²) in [4.78, 5) is 22.5. The average molecular weight is 816 g/mol. The van der Waals surface area contributed by atoms with Crippen molar-refractivity contribution in [1.82, 2.24) is 0 Å². The largest absolute Gasteiger partial charge is 0.472 e.